The molecule has 0 aromatic heterocycles. The fourth-order valence-electron chi connectivity index (χ4n) is 1.77. The molecule has 0 spiro atoms. The molecule has 0 saturated carbocycles. The monoisotopic (exact) mass is 171 g/mol. The largest absolute Gasteiger partial charge is 0.314 e. The maximum absolute atomic E-state index is 3.37. The Morgan fingerprint density at radius 3 is 2.42 bits per heavy atom. The van der Waals surface area contributed by atoms with Gasteiger partial charge >= 0.3 is 0 Å². The number of hydrogen-bond donors (Lipinski definition) is 1. The summed E-state index contributed by atoms with van der Waals surface area (Å²) in [5, 5.41) is 3.37. The molecule has 0 aromatic carbocycles. The molecule has 12 heavy (non-hydrogen) atoms. The van der Waals surface area contributed by atoms with Crippen LogP contribution in [0.3, 0.4) is 0 Å². The van der Waals surface area contributed by atoms with Crippen LogP contribution in [0.15, 0.2) is 0 Å². The van der Waals surface area contributed by atoms with E-state index in [1.54, 1.807) is 0 Å². The van der Waals surface area contributed by atoms with E-state index >= 15 is 0 Å². The SMILES string of the molecule is C[C@H](CN(C)C)N1CCNCC1. The van der Waals surface area contributed by atoms with Crippen LogP contribution < -0.4 is 5.32 Å². The summed E-state index contributed by atoms with van der Waals surface area (Å²) < 4.78 is 0. The summed E-state index contributed by atoms with van der Waals surface area (Å²) in [6.07, 6.45) is 0. The van der Waals surface area contributed by atoms with Crippen molar-refractivity contribution in [1.82, 2.24) is 15.1 Å². The van der Waals surface area contributed by atoms with Gasteiger partial charge in [-0.25, -0.2) is 0 Å². The van der Waals surface area contributed by atoms with Crippen LogP contribution in [0.1, 0.15) is 6.92 Å². The molecule has 1 aliphatic heterocycles. The Labute approximate surface area is 75.7 Å². The molecule has 1 heterocycles. The predicted octanol–water partition coefficient (Wildman–Crippen LogP) is -0.158. The number of nitrogens with zero attached hydrogens (tertiary/aromatic N) is 2. The lowest BCUT2D eigenvalue weighted by Gasteiger charge is -2.34. The molecule has 3 nitrogen and oxygen atoms in total. The maximum Gasteiger partial charge on any atom is 0.0195 e. The van der Waals surface area contributed by atoms with Gasteiger partial charge in [0, 0.05) is 38.8 Å². The molecule has 1 atom stereocenters. The Kier molecular flexibility index (Phi) is 3.98. The van der Waals surface area contributed by atoms with E-state index in [1.807, 2.05) is 0 Å². The first-order valence-corrected chi connectivity index (χ1v) is 4.79. The summed E-state index contributed by atoms with van der Waals surface area (Å²) in [4.78, 5) is 4.81. The van der Waals surface area contributed by atoms with E-state index < -0.39 is 0 Å². The van der Waals surface area contributed by atoms with Gasteiger partial charge in [0.25, 0.3) is 0 Å². The highest BCUT2D eigenvalue weighted by atomic mass is 15.2. The molecule has 1 saturated heterocycles. The number of piperazine rings is 1. The quantitative estimate of drug-likeness (QED) is 0.637. The van der Waals surface area contributed by atoms with Crippen LogP contribution in [-0.4, -0.2) is 62.7 Å². The highest BCUT2D eigenvalue weighted by molar-refractivity contribution is 4.74. The molecule has 0 unspecified atom stereocenters. The molecule has 1 aliphatic rings. The van der Waals surface area contributed by atoms with Crippen LogP contribution >= 0.6 is 0 Å². The summed E-state index contributed by atoms with van der Waals surface area (Å²) >= 11 is 0. The van der Waals surface area contributed by atoms with E-state index in [0.29, 0.717) is 6.04 Å². The van der Waals surface area contributed by atoms with E-state index in [1.165, 1.54) is 19.6 Å². The van der Waals surface area contributed by atoms with Crippen molar-refractivity contribution in [3.63, 3.8) is 0 Å². The van der Waals surface area contributed by atoms with Gasteiger partial charge in [-0.15, -0.1) is 0 Å². The van der Waals surface area contributed by atoms with Crippen molar-refractivity contribution in [1.29, 1.82) is 0 Å². The highest BCUT2D eigenvalue weighted by Gasteiger charge is 2.16. The van der Waals surface area contributed by atoms with Crippen LogP contribution in [0.25, 0.3) is 0 Å². The van der Waals surface area contributed by atoms with E-state index in [2.05, 4.69) is 36.1 Å². The van der Waals surface area contributed by atoms with Gasteiger partial charge < -0.3 is 10.2 Å². The first-order valence-electron chi connectivity index (χ1n) is 4.79. The first-order chi connectivity index (χ1) is 5.70. The molecule has 1 N–H and O–H groups in total. The third kappa shape index (κ3) is 3.09. The van der Waals surface area contributed by atoms with E-state index in [-0.39, 0.29) is 0 Å². The normalized spacial score (nSPS) is 23.0. The van der Waals surface area contributed by atoms with Crippen molar-refractivity contribution < 1.29 is 0 Å². The predicted molar refractivity (Wildman–Crippen MR) is 52.5 cm³/mol. The van der Waals surface area contributed by atoms with Crippen molar-refractivity contribution in [2.75, 3.05) is 46.8 Å². The Hall–Kier alpha value is -0.120. The molecule has 0 radical (unpaired) electrons. The van der Waals surface area contributed by atoms with Gasteiger partial charge in [0.1, 0.15) is 0 Å². The fourth-order valence-corrected chi connectivity index (χ4v) is 1.77. The van der Waals surface area contributed by atoms with Crippen molar-refractivity contribution >= 4 is 0 Å². The van der Waals surface area contributed by atoms with Crippen molar-refractivity contribution in [3.8, 4) is 0 Å². The molecule has 0 aliphatic carbocycles. The zero-order chi connectivity index (χ0) is 8.97. The third-order valence-electron chi connectivity index (χ3n) is 2.40. The number of hydrogen-bond acceptors (Lipinski definition) is 3. The van der Waals surface area contributed by atoms with Gasteiger partial charge in [-0.3, -0.25) is 4.90 Å². The first kappa shape index (κ1) is 9.96. The Balaban J connectivity index is 2.24. The van der Waals surface area contributed by atoms with Crippen LogP contribution in [0.5, 0.6) is 0 Å². The molecule has 0 amide bonds. The lowest BCUT2D eigenvalue weighted by molar-refractivity contribution is 0.156. The van der Waals surface area contributed by atoms with Crippen LogP contribution in [-0.2, 0) is 0 Å². The van der Waals surface area contributed by atoms with E-state index in [9.17, 15) is 0 Å². The summed E-state index contributed by atoms with van der Waals surface area (Å²) in [7, 11) is 4.28. The highest BCUT2D eigenvalue weighted by Crippen LogP contribution is 2.01. The van der Waals surface area contributed by atoms with Crippen molar-refractivity contribution in [2.24, 2.45) is 0 Å². The van der Waals surface area contributed by atoms with Crippen LogP contribution in [0.2, 0.25) is 0 Å². The molecule has 1 rings (SSSR count). The second kappa shape index (κ2) is 4.80. The summed E-state index contributed by atoms with van der Waals surface area (Å²) in [5.74, 6) is 0. The van der Waals surface area contributed by atoms with Gasteiger partial charge in [-0.2, -0.15) is 0 Å². The Bertz CT molecular complexity index is 119. The van der Waals surface area contributed by atoms with Crippen LogP contribution in [0.4, 0.5) is 0 Å². The second-order valence-electron chi connectivity index (χ2n) is 3.90. The van der Waals surface area contributed by atoms with Gasteiger partial charge in [-0.1, -0.05) is 0 Å². The standard InChI is InChI=1S/C9H21N3/c1-9(8-11(2)3)12-6-4-10-5-7-12/h9-10H,4-8H2,1-3H3/t9-/m1/s1. The molecule has 3 heteroatoms. The van der Waals surface area contributed by atoms with Gasteiger partial charge in [0.05, 0.1) is 0 Å². The maximum atomic E-state index is 3.37. The van der Waals surface area contributed by atoms with Gasteiger partial charge in [-0.05, 0) is 21.0 Å². The molecular formula is C9H21N3. The average molecular weight is 171 g/mol. The average Bonchev–Trinajstić information content (AvgIpc) is 2.05. The lowest BCUT2D eigenvalue weighted by Crippen LogP contribution is -2.50. The summed E-state index contributed by atoms with van der Waals surface area (Å²) in [6.45, 7) is 8.19. The van der Waals surface area contributed by atoms with E-state index in [0.717, 1.165) is 13.1 Å². The van der Waals surface area contributed by atoms with Crippen molar-refractivity contribution in [3.05, 3.63) is 0 Å². The number of likely N-dealkylation sites (N-methyl/N-ethyl adjacent to an activating group) is 1. The second-order valence-corrected chi connectivity index (χ2v) is 3.90. The molecule has 1 fully saturated rings. The smallest absolute Gasteiger partial charge is 0.0195 e. The molecular weight excluding hydrogens is 150 g/mol. The Morgan fingerprint density at radius 2 is 1.92 bits per heavy atom. The zero-order valence-corrected chi connectivity index (χ0v) is 8.51. The Morgan fingerprint density at radius 1 is 1.33 bits per heavy atom. The summed E-state index contributed by atoms with van der Waals surface area (Å²) in [5.41, 5.74) is 0. The topological polar surface area (TPSA) is 18.5 Å². The molecule has 72 valence electrons. The van der Waals surface area contributed by atoms with Gasteiger partial charge in [0.15, 0.2) is 0 Å². The minimum absolute atomic E-state index is 0.696. The lowest BCUT2D eigenvalue weighted by atomic mass is 10.2. The van der Waals surface area contributed by atoms with Gasteiger partial charge in [0.2, 0.25) is 0 Å². The molecule has 0 aromatic rings. The van der Waals surface area contributed by atoms with E-state index in [4.69, 9.17) is 0 Å². The zero-order valence-electron chi connectivity index (χ0n) is 8.51. The minimum atomic E-state index is 0.696. The summed E-state index contributed by atoms with van der Waals surface area (Å²) in [6, 6.07) is 0.696. The number of rotatable bonds is 3. The van der Waals surface area contributed by atoms with Crippen LogP contribution in [0, 0.1) is 0 Å². The number of nitrogens with one attached hydrogen (secondary N) is 1. The minimum Gasteiger partial charge on any atom is -0.314 e. The van der Waals surface area contributed by atoms with Crippen molar-refractivity contribution in [2.45, 2.75) is 13.0 Å². The third-order valence-corrected chi connectivity index (χ3v) is 2.40. The fraction of sp³-hybridized carbons (Fsp3) is 1.00. The molecule has 0 bridgehead atoms.